The highest BCUT2D eigenvalue weighted by molar-refractivity contribution is 6.17. The zero-order valence-electron chi connectivity index (χ0n) is 12.4. The average Bonchev–Trinajstić information content (AvgIpc) is 2.45. The largest absolute Gasteiger partial charge is 0.493 e. The van der Waals surface area contributed by atoms with Crippen LogP contribution in [0.25, 0.3) is 0 Å². The maximum absolute atomic E-state index is 5.72. The van der Waals surface area contributed by atoms with Gasteiger partial charge in [-0.25, -0.2) is 0 Å². The second-order valence-electron chi connectivity index (χ2n) is 5.42. The first kappa shape index (κ1) is 15.5. The maximum Gasteiger partial charge on any atom is 0.161 e. The Morgan fingerprint density at radius 3 is 2.50 bits per heavy atom. The van der Waals surface area contributed by atoms with Gasteiger partial charge in [0.05, 0.1) is 14.2 Å². The van der Waals surface area contributed by atoms with E-state index >= 15 is 0 Å². The Hall–Kier alpha value is -0.930. The third-order valence-corrected chi connectivity index (χ3v) is 4.52. The summed E-state index contributed by atoms with van der Waals surface area (Å²) in [7, 11) is 3.36. The quantitative estimate of drug-likeness (QED) is 0.590. The number of halogens is 1. The van der Waals surface area contributed by atoms with E-state index in [0.717, 1.165) is 36.9 Å². The molecule has 2 rings (SSSR count). The van der Waals surface area contributed by atoms with Crippen LogP contribution in [0, 0.1) is 0 Å². The molecule has 0 amide bonds. The number of hydrogen-bond acceptors (Lipinski definition) is 3. The molecule has 0 saturated heterocycles. The molecule has 0 bridgehead atoms. The standard InChI is InChI=1S/C16H24ClNO2/c1-19-14-6-5-13(11-15(14)20-2)16(7-3-8-16)12-18-10-4-9-17/h5-6,11,18H,3-4,7-10,12H2,1-2H3. The molecule has 3 nitrogen and oxygen atoms in total. The van der Waals surface area contributed by atoms with Crippen molar-refractivity contribution in [3.8, 4) is 11.5 Å². The highest BCUT2D eigenvalue weighted by Crippen LogP contribution is 2.45. The normalized spacial score (nSPS) is 16.6. The fourth-order valence-electron chi connectivity index (χ4n) is 2.86. The molecule has 4 heteroatoms. The zero-order chi connectivity index (χ0) is 14.4. The molecule has 1 aromatic rings. The number of hydrogen-bond donors (Lipinski definition) is 1. The molecule has 0 aliphatic heterocycles. The van der Waals surface area contributed by atoms with Crippen molar-refractivity contribution in [1.29, 1.82) is 0 Å². The van der Waals surface area contributed by atoms with Gasteiger partial charge >= 0.3 is 0 Å². The van der Waals surface area contributed by atoms with Gasteiger partial charge in [-0.05, 0) is 43.5 Å². The lowest BCUT2D eigenvalue weighted by Crippen LogP contribution is -2.44. The van der Waals surface area contributed by atoms with Crippen molar-refractivity contribution in [2.45, 2.75) is 31.1 Å². The van der Waals surface area contributed by atoms with Crippen LogP contribution < -0.4 is 14.8 Å². The molecule has 0 heterocycles. The molecule has 1 fully saturated rings. The lowest BCUT2D eigenvalue weighted by molar-refractivity contribution is 0.233. The zero-order valence-corrected chi connectivity index (χ0v) is 13.1. The second-order valence-corrected chi connectivity index (χ2v) is 5.80. The number of ether oxygens (including phenoxy) is 2. The number of methoxy groups -OCH3 is 2. The van der Waals surface area contributed by atoms with E-state index in [1.54, 1.807) is 14.2 Å². The minimum atomic E-state index is 0.256. The summed E-state index contributed by atoms with van der Waals surface area (Å²) in [5.41, 5.74) is 1.60. The number of rotatable bonds is 8. The van der Waals surface area contributed by atoms with Gasteiger partial charge in [-0.1, -0.05) is 12.5 Å². The summed E-state index contributed by atoms with van der Waals surface area (Å²) in [5.74, 6) is 2.33. The molecule has 0 unspecified atom stereocenters. The Kier molecular flexibility index (Phi) is 5.55. The molecule has 1 aromatic carbocycles. The van der Waals surface area contributed by atoms with Crippen LogP contribution in [0.2, 0.25) is 0 Å². The third kappa shape index (κ3) is 3.21. The summed E-state index contributed by atoms with van der Waals surface area (Å²) >= 11 is 5.72. The predicted octanol–water partition coefficient (Wildman–Crippen LogP) is 3.34. The minimum absolute atomic E-state index is 0.256. The van der Waals surface area contributed by atoms with Crippen LogP contribution in [0.1, 0.15) is 31.2 Å². The van der Waals surface area contributed by atoms with E-state index < -0.39 is 0 Å². The van der Waals surface area contributed by atoms with Gasteiger partial charge in [0.25, 0.3) is 0 Å². The van der Waals surface area contributed by atoms with Crippen LogP contribution in [-0.2, 0) is 5.41 Å². The Balaban J connectivity index is 2.10. The van der Waals surface area contributed by atoms with Gasteiger partial charge in [0.15, 0.2) is 11.5 Å². The Labute approximate surface area is 126 Å². The van der Waals surface area contributed by atoms with Gasteiger partial charge in [-0.15, -0.1) is 11.6 Å². The van der Waals surface area contributed by atoms with Crippen LogP contribution >= 0.6 is 11.6 Å². The number of nitrogens with one attached hydrogen (secondary N) is 1. The van der Waals surface area contributed by atoms with Gasteiger partial charge in [0, 0.05) is 17.8 Å². The predicted molar refractivity (Wildman–Crippen MR) is 83.3 cm³/mol. The fraction of sp³-hybridized carbons (Fsp3) is 0.625. The van der Waals surface area contributed by atoms with Crippen LogP contribution in [0.3, 0.4) is 0 Å². The van der Waals surface area contributed by atoms with Gasteiger partial charge in [-0.2, -0.15) is 0 Å². The number of alkyl halides is 1. The number of benzene rings is 1. The highest BCUT2D eigenvalue weighted by Gasteiger charge is 2.38. The third-order valence-electron chi connectivity index (χ3n) is 4.26. The van der Waals surface area contributed by atoms with Gasteiger partial charge in [-0.3, -0.25) is 0 Å². The van der Waals surface area contributed by atoms with E-state index in [9.17, 15) is 0 Å². The van der Waals surface area contributed by atoms with E-state index in [1.165, 1.54) is 24.8 Å². The van der Waals surface area contributed by atoms with Crippen molar-refractivity contribution < 1.29 is 9.47 Å². The molecule has 1 aliphatic carbocycles. The van der Waals surface area contributed by atoms with Crippen molar-refractivity contribution in [2.24, 2.45) is 0 Å². The van der Waals surface area contributed by atoms with Crippen LogP contribution in [0.15, 0.2) is 18.2 Å². The Morgan fingerprint density at radius 2 is 1.95 bits per heavy atom. The van der Waals surface area contributed by atoms with Crippen LogP contribution in [-0.4, -0.2) is 33.2 Å². The van der Waals surface area contributed by atoms with E-state index in [4.69, 9.17) is 21.1 Å². The molecule has 0 radical (unpaired) electrons. The van der Waals surface area contributed by atoms with E-state index in [0.29, 0.717) is 0 Å². The minimum Gasteiger partial charge on any atom is -0.493 e. The summed E-state index contributed by atoms with van der Waals surface area (Å²) in [6.07, 6.45) is 4.78. The van der Waals surface area contributed by atoms with Crippen molar-refractivity contribution in [3.63, 3.8) is 0 Å². The van der Waals surface area contributed by atoms with Gasteiger partial charge < -0.3 is 14.8 Å². The van der Waals surface area contributed by atoms with Crippen molar-refractivity contribution in [1.82, 2.24) is 5.32 Å². The van der Waals surface area contributed by atoms with E-state index in [-0.39, 0.29) is 5.41 Å². The van der Waals surface area contributed by atoms with Crippen molar-refractivity contribution >= 4 is 11.6 Å². The smallest absolute Gasteiger partial charge is 0.161 e. The molecule has 1 N–H and O–H groups in total. The molecule has 0 spiro atoms. The molecule has 112 valence electrons. The molecule has 0 atom stereocenters. The molecule has 20 heavy (non-hydrogen) atoms. The first-order valence-corrected chi connectivity index (χ1v) is 7.78. The SMILES string of the molecule is COc1ccc(C2(CNCCCCl)CCC2)cc1OC. The second kappa shape index (κ2) is 7.19. The van der Waals surface area contributed by atoms with Gasteiger partial charge in [0.2, 0.25) is 0 Å². The van der Waals surface area contributed by atoms with E-state index in [1.807, 2.05) is 6.07 Å². The summed E-state index contributed by atoms with van der Waals surface area (Å²) in [6.45, 7) is 2.00. The van der Waals surface area contributed by atoms with Gasteiger partial charge in [0.1, 0.15) is 0 Å². The molecule has 0 aromatic heterocycles. The summed E-state index contributed by atoms with van der Waals surface area (Å²) < 4.78 is 10.7. The fourth-order valence-corrected chi connectivity index (χ4v) is 2.99. The van der Waals surface area contributed by atoms with Crippen molar-refractivity contribution in [2.75, 3.05) is 33.2 Å². The summed E-state index contributed by atoms with van der Waals surface area (Å²) in [4.78, 5) is 0. The Bertz CT molecular complexity index is 432. The van der Waals surface area contributed by atoms with E-state index in [2.05, 4.69) is 17.4 Å². The Morgan fingerprint density at radius 1 is 1.20 bits per heavy atom. The molecule has 1 aliphatic rings. The van der Waals surface area contributed by atoms with Crippen LogP contribution in [0.5, 0.6) is 11.5 Å². The lowest BCUT2D eigenvalue weighted by atomic mass is 9.64. The first-order valence-electron chi connectivity index (χ1n) is 7.25. The topological polar surface area (TPSA) is 30.5 Å². The summed E-state index contributed by atoms with van der Waals surface area (Å²) in [6, 6.07) is 6.30. The molecule has 1 saturated carbocycles. The molecular formula is C16H24ClNO2. The monoisotopic (exact) mass is 297 g/mol. The van der Waals surface area contributed by atoms with Crippen molar-refractivity contribution in [3.05, 3.63) is 23.8 Å². The van der Waals surface area contributed by atoms with Crippen LogP contribution in [0.4, 0.5) is 0 Å². The summed E-state index contributed by atoms with van der Waals surface area (Å²) in [5, 5.41) is 3.54. The average molecular weight is 298 g/mol. The first-order chi connectivity index (χ1) is 9.75. The lowest BCUT2D eigenvalue weighted by Gasteiger charge is -2.43. The highest BCUT2D eigenvalue weighted by atomic mass is 35.5. The maximum atomic E-state index is 5.72. The molecular weight excluding hydrogens is 274 g/mol.